The summed E-state index contributed by atoms with van der Waals surface area (Å²) in [5.41, 5.74) is 8.66. The van der Waals surface area contributed by atoms with Gasteiger partial charge in [0.25, 0.3) is 0 Å². The molecule has 0 aliphatic carbocycles. The molecule has 0 spiro atoms. The number of anilines is 1. The average Bonchev–Trinajstić information content (AvgIpc) is 2.52. The molecule has 112 valence electrons. The summed E-state index contributed by atoms with van der Waals surface area (Å²) in [6.45, 7) is 2.51. The van der Waals surface area contributed by atoms with Crippen molar-refractivity contribution < 1.29 is 14.2 Å². The van der Waals surface area contributed by atoms with Crippen LogP contribution in [0.2, 0.25) is 0 Å². The Morgan fingerprint density at radius 1 is 0.905 bits per heavy atom. The van der Waals surface area contributed by atoms with Crippen LogP contribution in [-0.2, 0) is 13.0 Å². The van der Waals surface area contributed by atoms with Crippen molar-refractivity contribution in [2.75, 3.05) is 20.0 Å². The molecule has 0 unspecified atom stereocenters. The average molecular weight is 287 g/mol. The molecule has 0 saturated heterocycles. The number of nitrogens with two attached hydrogens (primary N) is 1. The molecule has 2 N–H and O–H groups in total. The highest BCUT2D eigenvalue weighted by molar-refractivity contribution is 5.48. The number of nitrogen functional groups attached to an aromatic ring is 1. The van der Waals surface area contributed by atoms with Crippen molar-refractivity contribution in [3.8, 4) is 17.2 Å². The molecular formula is C17H21NO3. The van der Waals surface area contributed by atoms with Gasteiger partial charge in [-0.3, -0.25) is 0 Å². The highest BCUT2D eigenvalue weighted by Gasteiger charge is 2.06. The highest BCUT2D eigenvalue weighted by atomic mass is 16.5. The van der Waals surface area contributed by atoms with Crippen molar-refractivity contribution >= 4 is 5.69 Å². The highest BCUT2D eigenvalue weighted by Crippen LogP contribution is 2.29. The van der Waals surface area contributed by atoms with E-state index < -0.39 is 0 Å². The SMILES string of the molecule is CCc1ccc(OCc2cc(N)cc(OC)c2)c(OC)c1. The lowest BCUT2D eigenvalue weighted by Gasteiger charge is -2.13. The van der Waals surface area contributed by atoms with Gasteiger partial charge in [-0.05, 0) is 41.8 Å². The maximum absolute atomic E-state index is 5.84. The van der Waals surface area contributed by atoms with Crippen LogP contribution in [0.15, 0.2) is 36.4 Å². The number of hydrogen-bond donors (Lipinski definition) is 1. The van der Waals surface area contributed by atoms with E-state index in [9.17, 15) is 0 Å². The first-order valence-electron chi connectivity index (χ1n) is 6.89. The van der Waals surface area contributed by atoms with Crippen LogP contribution in [0.25, 0.3) is 0 Å². The Labute approximate surface area is 125 Å². The zero-order valence-electron chi connectivity index (χ0n) is 12.7. The van der Waals surface area contributed by atoms with Crippen molar-refractivity contribution in [1.82, 2.24) is 0 Å². The molecule has 0 aliphatic rings. The third-order valence-electron chi connectivity index (χ3n) is 3.25. The lowest BCUT2D eigenvalue weighted by atomic mass is 10.1. The molecule has 0 aliphatic heterocycles. The van der Waals surface area contributed by atoms with E-state index in [-0.39, 0.29) is 0 Å². The second-order valence-corrected chi connectivity index (χ2v) is 4.74. The van der Waals surface area contributed by atoms with Gasteiger partial charge in [0, 0.05) is 11.8 Å². The van der Waals surface area contributed by atoms with Gasteiger partial charge in [0.2, 0.25) is 0 Å². The van der Waals surface area contributed by atoms with Crippen LogP contribution in [0, 0.1) is 0 Å². The van der Waals surface area contributed by atoms with Crippen molar-refractivity contribution in [2.24, 2.45) is 0 Å². The van der Waals surface area contributed by atoms with Crippen molar-refractivity contribution in [3.05, 3.63) is 47.5 Å². The van der Waals surface area contributed by atoms with Crippen LogP contribution in [0.3, 0.4) is 0 Å². The van der Waals surface area contributed by atoms with Gasteiger partial charge >= 0.3 is 0 Å². The molecule has 4 nitrogen and oxygen atoms in total. The van der Waals surface area contributed by atoms with E-state index in [0.717, 1.165) is 29.2 Å². The van der Waals surface area contributed by atoms with E-state index in [4.69, 9.17) is 19.9 Å². The summed E-state index contributed by atoms with van der Waals surface area (Å²) in [6, 6.07) is 11.5. The van der Waals surface area contributed by atoms with Gasteiger partial charge in [-0.25, -0.2) is 0 Å². The van der Waals surface area contributed by atoms with Crippen LogP contribution in [0.1, 0.15) is 18.1 Å². The zero-order valence-corrected chi connectivity index (χ0v) is 12.7. The van der Waals surface area contributed by atoms with Crippen LogP contribution in [-0.4, -0.2) is 14.2 Å². The molecule has 2 aromatic rings. The summed E-state index contributed by atoms with van der Waals surface area (Å²) in [7, 11) is 3.26. The predicted octanol–water partition coefficient (Wildman–Crippen LogP) is 3.43. The van der Waals surface area contributed by atoms with Crippen molar-refractivity contribution in [3.63, 3.8) is 0 Å². The molecule has 2 rings (SSSR count). The van der Waals surface area contributed by atoms with Gasteiger partial charge in [-0.1, -0.05) is 13.0 Å². The van der Waals surface area contributed by atoms with Gasteiger partial charge in [0.15, 0.2) is 11.5 Å². The Balaban J connectivity index is 2.14. The molecule has 0 fully saturated rings. The first-order valence-corrected chi connectivity index (χ1v) is 6.89. The third kappa shape index (κ3) is 3.81. The molecule has 0 saturated carbocycles. The smallest absolute Gasteiger partial charge is 0.161 e. The van der Waals surface area contributed by atoms with Gasteiger partial charge in [-0.2, -0.15) is 0 Å². The van der Waals surface area contributed by atoms with Gasteiger partial charge in [0.05, 0.1) is 14.2 Å². The molecule has 0 bridgehead atoms. The summed E-state index contributed by atoms with van der Waals surface area (Å²) in [5.74, 6) is 2.18. The number of hydrogen-bond acceptors (Lipinski definition) is 4. The second kappa shape index (κ2) is 6.88. The molecule has 0 heterocycles. The van der Waals surface area contributed by atoms with Crippen molar-refractivity contribution in [1.29, 1.82) is 0 Å². The van der Waals surface area contributed by atoms with E-state index in [2.05, 4.69) is 6.92 Å². The number of methoxy groups -OCH3 is 2. The lowest BCUT2D eigenvalue weighted by Crippen LogP contribution is -2.00. The fourth-order valence-electron chi connectivity index (χ4n) is 2.10. The van der Waals surface area contributed by atoms with Crippen LogP contribution < -0.4 is 19.9 Å². The number of rotatable bonds is 6. The van der Waals surface area contributed by atoms with Crippen molar-refractivity contribution in [2.45, 2.75) is 20.0 Å². The Kier molecular flexibility index (Phi) is 4.93. The van der Waals surface area contributed by atoms with Gasteiger partial charge in [0.1, 0.15) is 12.4 Å². The summed E-state index contributed by atoms with van der Waals surface area (Å²) in [5, 5.41) is 0. The fraction of sp³-hybridized carbons (Fsp3) is 0.294. The standard InChI is InChI=1S/C17H21NO3/c1-4-12-5-6-16(17(9-12)20-3)21-11-13-7-14(18)10-15(8-13)19-2/h5-10H,4,11,18H2,1-3H3. The predicted molar refractivity (Wildman–Crippen MR) is 84.1 cm³/mol. The van der Waals surface area contributed by atoms with E-state index in [1.165, 1.54) is 5.56 Å². The zero-order chi connectivity index (χ0) is 15.2. The largest absolute Gasteiger partial charge is 0.497 e. The van der Waals surface area contributed by atoms with E-state index >= 15 is 0 Å². The number of aryl methyl sites for hydroxylation is 1. The fourth-order valence-corrected chi connectivity index (χ4v) is 2.10. The minimum absolute atomic E-state index is 0.406. The van der Waals surface area contributed by atoms with Crippen LogP contribution >= 0.6 is 0 Å². The Bertz CT molecular complexity index is 611. The quantitative estimate of drug-likeness (QED) is 0.827. The molecule has 2 aromatic carbocycles. The maximum Gasteiger partial charge on any atom is 0.161 e. The van der Waals surface area contributed by atoms with Crippen LogP contribution in [0.5, 0.6) is 17.2 Å². The second-order valence-electron chi connectivity index (χ2n) is 4.74. The summed E-state index contributed by atoms with van der Waals surface area (Å²) in [4.78, 5) is 0. The molecule has 4 heteroatoms. The maximum atomic E-state index is 5.84. The number of benzene rings is 2. The first-order chi connectivity index (χ1) is 10.2. The Morgan fingerprint density at radius 3 is 2.38 bits per heavy atom. The third-order valence-corrected chi connectivity index (χ3v) is 3.25. The molecular weight excluding hydrogens is 266 g/mol. The minimum Gasteiger partial charge on any atom is -0.497 e. The number of ether oxygens (including phenoxy) is 3. The summed E-state index contributed by atoms with van der Waals surface area (Å²) in [6.07, 6.45) is 0.961. The molecule has 21 heavy (non-hydrogen) atoms. The molecule has 0 radical (unpaired) electrons. The van der Waals surface area contributed by atoms with E-state index in [1.54, 1.807) is 20.3 Å². The molecule has 0 aromatic heterocycles. The van der Waals surface area contributed by atoms with E-state index in [1.807, 2.05) is 30.3 Å². The summed E-state index contributed by atoms with van der Waals surface area (Å²) >= 11 is 0. The lowest BCUT2D eigenvalue weighted by molar-refractivity contribution is 0.284. The normalized spacial score (nSPS) is 10.2. The monoisotopic (exact) mass is 287 g/mol. The van der Waals surface area contributed by atoms with Gasteiger partial charge in [-0.15, -0.1) is 0 Å². The Morgan fingerprint density at radius 2 is 1.71 bits per heavy atom. The summed E-state index contributed by atoms with van der Waals surface area (Å²) < 4.78 is 16.4. The minimum atomic E-state index is 0.406. The molecule has 0 amide bonds. The van der Waals surface area contributed by atoms with E-state index in [0.29, 0.717) is 12.3 Å². The topological polar surface area (TPSA) is 53.7 Å². The Hall–Kier alpha value is -2.36. The van der Waals surface area contributed by atoms with Gasteiger partial charge < -0.3 is 19.9 Å². The van der Waals surface area contributed by atoms with Crippen LogP contribution in [0.4, 0.5) is 5.69 Å². The molecule has 0 atom stereocenters. The first kappa shape index (κ1) is 15.0.